The van der Waals surface area contributed by atoms with Gasteiger partial charge in [0.2, 0.25) is 21.8 Å². The SMILES string of the molecule is CC[C@H](C(=O)N[C@@H](C)CC)N(Cc1ccccc1C)C(=O)CCCN(c1ccc(F)c(F)c1)S(C)(=O)=O. The van der Waals surface area contributed by atoms with Crippen LogP contribution in [0.2, 0.25) is 0 Å². The fourth-order valence-corrected chi connectivity index (χ4v) is 4.93. The van der Waals surface area contributed by atoms with E-state index in [2.05, 4.69) is 5.32 Å². The molecule has 0 unspecified atom stereocenters. The van der Waals surface area contributed by atoms with Crippen molar-refractivity contribution in [2.75, 3.05) is 17.1 Å². The molecule has 7 nitrogen and oxygen atoms in total. The smallest absolute Gasteiger partial charge is 0.243 e. The molecule has 0 bridgehead atoms. The molecule has 0 aliphatic rings. The van der Waals surface area contributed by atoms with Gasteiger partial charge in [-0.25, -0.2) is 17.2 Å². The summed E-state index contributed by atoms with van der Waals surface area (Å²) in [4.78, 5) is 28.1. The highest BCUT2D eigenvalue weighted by atomic mass is 32.2. The second kappa shape index (κ2) is 13.5. The zero-order valence-corrected chi connectivity index (χ0v) is 22.9. The third-order valence-electron chi connectivity index (χ3n) is 6.33. The number of amides is 2. The number of carbonyl (C=O) groups excluding carboxylic acids is 2. The lowest BCUT2D eigenvalue weighted by Crippen LogP contribution is -2.50. The van der Waals surface area contributed by atoms with E-state index in [1.165, 1.54) is 6.07 Å². The summed E-state index contributed by atoms with van der Waals surface area (Å²) in [6.45, 7) is 7.76. The van der Waals surface area contributed by atoms with Gasteiger partial charge in [0.25, 0.3) is 0 Å². The van der Waals surface area contributed by atoms with E-state index in [-0.39, 0.29) is 49.5 Å². The first-order valence-corrected chi connectivity index (χ1v) is 14.3. The van der Waals surface area contributed by atoms with Crippen LogP contribution in [-0.4, -0.2) is 50.0 Å². The minimum atomic E-state index is -3.82. The molecule has 2 atom stereocenters. The van der Waals surface area contributed by atoms with Crippen LogP contribution in [-0.2, 0) is 26.2 Å². The number of rotatable bonds is 13. The van der Waals surface area contributed by atoms with Gasteiger partial charge in [0.1, 0.15) is 6.04 Å². The molecule has 0 saturated heterocycles. The van der Waals surface area contributed by atoms with E-state index < -0.39 is 27.7 Å². The van der Waals surface area contributed by atoms with Crippen molar-refractivity contribution in [3.8, 4) is 0 Å². The standard InChI is InChI=1S/C27H37F2N3O4S/c1-6-20(4)30-27(34)25(7-2)31(18-21-12-9-8-11-19(21)3)26(33)13-10-16-32(37(5,35)36)22-14-15-23(28)24(29)17-22/h8-9,11-12,14-15,17,20,25H,6-7,10,13,16,18H2,1-5H3,(H,30,34)/t20-,25+/m0/s1. The van der Waals surface area contributed by atoms with Gasteiger partial charge < -0.3 is 10.2 Å². The summed E-state index contributed by atoms with van der Waals surface area (Å²) in [6, 6.07) is 9.72. The maximum atomic E-state index is 13.7. The number of halogens is 2. The van der Waals surface area contributed by atoms with Crippen molar-refractivity contribution in [1.29, 1.82) is 0 Å². The van der Waals surface area contributed by atoms with Crippen LogP contribution in [0.1, 0.15) is 57.6 Å². The van der Waals surface area contributed by atoms with Crippen LogP contribution >= 0.6 is 0 Å². The Bertz CT molecular complexity index is 1190. The molecular weight excluding hydrogens is 500 g/mol. The first-order valence-electron chi connectivity index (χ1n) is 12.5. The maximum absolute atomic E-state index is 13.7. The molecule has 0 fully saturated rings. The van der Waals surface area contributed by atoms with Crippen molar-refractivity contribution in [3.05, 3.63) is 65.2 Å². The van der Waals surface area contributed by atoms with Gasteiger partial charge in [0, 0.05) is 31.6 Å². The van der Waals surface area contributed by atoms with Crippen LogP contribution in [0, 0.1) is 18.6 Å². The summed E-state index contributed by atoms with van der Waals surface area (Å²) in [5.41, 5.74) is 1.87. The van der Waals surface area contributed by atoms with Gasteiger partial charge in [-0.15, -0.1) is 0 Å². The Morgan fingerprint density at radius 3 is 2.27 bits per heavy atom. The van der Waals surface area contributed by atoms with E-state index in [1.54, 1.807) is 4.90 Å². The molecule has 0 heterocycles. The van der Waals surface area contributed by atoms with Gasteiger partial charge in [-0.05, 0) is 56.4 Å². The molecule has 0 aliphatic carbocycles. The van der Waals surface area contributed by atoms with Crippen LogP contribution in [0.4, 0.5) is 14.5 Å². The topological polar surface area (TPSA) is 86.8 Å². The Kier molecular flexibility index (Phi) is 11.0. The van der Waals surface area contributed by atoms with Crippen molar-refractivity contribution in [1.82, 2.24) is 10.2 Å². The number of nitrogens with one attached hydrogen (secondary N) is 1. The van der Waals surface area contributed by atoms with E-state index in [9.17, 15) is 26.8 Å². The number of hydrogen-bond acceptors (Lipinski definition) is 4. The molecular formula is C27H37F2N3O4S. The van der Waals surface area contributed by atoms with E-state index in [0.29, 0.717) is 6.42 Å². The summed E-state index contributed by atoms with van der Waals surface area (Å²) in [6.07, 6.45) is 2.21. The van der Waals surface area contributed by atoms with Crippen LogP contribution in [0.15, 0.2) is 42.5 Å². The second-order valence-electron chi connectivity index (χ2n) is 9.23. The molecule has 0 radical (unpaired) electrons. The fraction of sp³-hybridized carbons (Fsp3) is 0.481. The Labute approximate surface area is 218 Å². The van der Waals surface area contributed by atoms with Crippen LogP contribution in [0.5, 0.6) is 0 Å². The normalized spacial score (nSPS) is 13.1. The lowest BCUT2D eigenvalue weighted by Gasteiger charge is -2.32. The van der Waals surface area contributed by atoms with E-state index in [4.69, 9.17) is 0 Å². The molecule has 2 rings (SSSR count). The molecule has 0 saturated carbocycles. The molecule has 1 N–H and O–H groups in total. The number of nitrogens with zero attached hydrogens (tertiary/aromatic N) is 2. The maximum Gasteiger partial charge on any atom is 0.243 e. The van der Waals surface area contributed by atoms with E-state index in [1.807, 2.05) is 52.0 Å². The molecule has 2 aromatic rings. The Hall–Kier alpha value is -3.01. The average Bonchev–Trinajstić information content (AvgIpc) is 2.83. The highest BCUT2D eigenvalue weighted by Gasteiger charge is 2.29. The number of benzene rings is 2. The minimum Gasteiger partial charge on any atom is -0.352 e. The monoisotopic (exact) mass is 537 g/mol. The van der Waals surface area contributed by atoms with Crippen molar-refractivity contribution >= 4 is 27.5 Å². The van der Waals surface area contributed by atoms with Gasteiger partial charge in [-0.1, -0.05) is 38.1 Å². The predicted octanol–water partition coefficient (Wildman–Crippen LogP) is 4.54. The van der Waals surface area contributed by atoms with Gasteiger partial charge >= 0.3 is 0 Å². The molecule has 0 aliphatic heterocycles. The first-order chi connectivity index (χ1) is 17.4. The highest BCUT2D eigenvalue weighted by Crippen LogP contribution is 2.22. The van der Waals surface area contributed by atoms with E-state index >= 15 is 0 Å². The third-order valence-corrected chi connectivity index (χ3v) is 7.53. The molecule has 0 spiro atoms. The summed E-state index contributed by atoms with van der Waals surface area (Å²) in [5, 5.41) is 2.96. The van der Waals surface area contributed by atoms with Crippen molar-refractivity contribution in [2.24, 2.45) is 0 Å². The summed E-state index contributed by atoms with van der Waals surface area (Å²) in [7, 11) is -3.82. The second-order valence-corrected chi connectivity index (χ2v) is 11.1. The molecule has 37 heavy (non-hydrogen) atoms. The number of aryl methyl sites for hydroxylation is 1. The highest BCUT2D eigenvalue weighted by molar-refractivity contribution is 7.92. The van der Waals surface area contributed by atoms with Crippen LogP contribution in [0.3, 0.4) is 0 Å². The lowest BCUT2D eigenvalue weighted by molar-refractivity contribution is -0.141. The van der Waals surface area contributed by atoms with E-state index in [0.717, 1.165) is 40.2 Å². The van der Waals surface area contributed by atoms with Gasteiger partial charge in [0.15, 0.2) is 11.6 Å². The zero-order chi connectivity index (χ0) is 27.8. The van der Waals surface area contributed by atoms with Crippen molar-refractivity contribution in [2.45, 2.75) is 72.0 Å². The lowest BCUT2D eigenvalue weighted by atomic mass is 10.0. The first kappa shape index (κ1) is 30.2. The quantitative estimate of drug-likeness (QED) is 0.406. The van der Waals surface area contributed by atoms with Crippen LogP contribution in [0.25, 0.3) is 0 Å². The molecule has 204 valence electrons. The molecule has 0 aromatic heterocycles. The Balaban J connectivity index is 2.25. The predicted molar refractivity (Wildman–Crippen MR) is 141 cm³/mol. The number of sulfonamides is 1. The van der Waals surface area contributed by atoms with Gasteiger partial charge in [-0.2, -0.15) is 0 Å². The van der Waals surface area contributed by atoms with Crippen molar-refractivity contribution in [3.63, 3.8) is 0 Å². The van der Waals surface area contributed by atoms with Gasteiger partial charge in [0.05, 0.1) is 11.9 Å². The zero-order valence-electron chi connectivity index (χ0n) is 22.1. The summed E-state index contributed by atoms with van der Waals surface area (Å²) >= 11 is 0. The molecule has 2 aromatic carbocycles. The fourth-order valence-electron chi connectivity index (χ4n) is 3.98. The molecule has 10 heteroatoms. The molecule has 2 amide bonds. The third kappa shape index (κ3) is 8.52. The van der Waals surface area contributed by atoms with Crippen molar-refractivity contribution < 1.29 is 26.8 Å². The Morgan fingerprint density at radius 2 is 1.70 bits per heavy atom. The number of hydrogen-bond donors (Lipinski definition) is 1. The average molecular weight is 538 g/mol. The van der Waals surface area contributed by atoms with Gasteiger partial charge in [-0.3, -0.25) is 13.9 Å². The minimum absolute atomic E-state index is 0.0232. The largest absolute Gasteiger partial charge is 0.352 e. The van der Waals surface area contributed by atoms with Crippen LogP contribution < -0.4 is 9.62 Å². The summed E-state index contributed by atoms with van der Waals surface area (Å²) < 4.78 is 52.8. The number of carbonyl (C=O) groups is 2. The summed E-state index contributed by atoms with van der Waals surface area (Å²) in [5.74, 6) is -2.78. The Morgan fingerprint density at radius 1 is 1.03 bits per heavy atom. The number of anilines is 1.